The molecule has 1 aliphatic carbocycles. The second-order valence-electron chi connectivity index (χ2n) is 6.67. The van der Waals surface area contributed by atoms with E-state index in [1.54, 1.807) is 0 Å². The molecule has 0 fully saturated rings. The minimum absolute atomic E-state index is 0.221. The molecule has 4 atom stereocenters. The Morgan fingerprint density at radius 3 is 2.50 bits per heavy atom. The molecule has 1 aliphatic heterocycles. The molecule has 3 rings (SSSR count). The lowest BCUT2D eigenvalue weighted by molar-refractivity contribution is 0.343. The average molecular weight is 291 g/mol. The van der Waals surface area contributed by atoms with E-state index in [1.165, 1.54) is 29.5 Å². The molecule has 2 nitrogen and oxygen atoms in total. The van der Waals surface area contributed by atoms with Gasteiger partial charge in [-0.1, -0.05) is 33.8 Å². The van der Waals surface area contributed by atoms with Gasteiger partial charge in [0.1, 0.15) is 0 Å². The Kier molecular flexibility index (Phi) is 3.76. The third kappa shape index (κ3) is 2.25. The normalized spacial score (nSPS) is 32.2. The number of rotatable bonds is 2. The summed E-state index contributed by atoms with van der Waals surface area (Å²) in [6.07, 6.45) is 3.60. The fourth-order valence-electron chi connectivity index (χ4n) is 3.59. The highest BCUT2D eigenvalue weighted by atomic mass is 32.2. The van der Waals surface area contributed by atoms with Crippen LogP contribution >= 0.6 is 0 Å². The third-order valence-electron chi connectivity index (χ3n) is 4.89. The van der Waals surface area contributed by atoms with Crippen LogP contribution in [0.1, 0.15) is 56.8 Å². The molecule has 110 valence electrons. The summed E-state index contributed by atoms with van der Waals surface area (Å²) >= 11 is 0. The van der Waals surface area contributed by atoms with E-state index < -0.39 is 10.8 Å². The Bertz CT molecular complexity index is 552. The van der Waals surface area contributed by atoms with Gasteiger partial charge in [-0.2, -0.15) is 0 Å². The Balaban J connectivity index is 2.11. The van der Waals surface area contributed by atoms with Crippen molar-refractivity contribution in [1.82, 2.24) is 5.32 Å². The second-order valence-corrected chi connectivity index (χ2v) is 8.45. The van der Waals surface area contributed by atoms with Gasteiger partial charge in [-0.25, -0.2) is 0 Å². The maximum absolute atomic E-state index is 12.7. The zero-order valence-electron chi connectivity index (χ0n) is 12.9. The zero-order valence-corrected chi connectivity index (χ0v) is 13.7. The average Bonchev–Trinajstić information content (AvgIpc) is 2.86. The molecular formula is C17H25NOS. The molecule has 0 spiro atoms. The first-order valence-electron chi connectivity index (χ1n) is 7.81. The van der Waals surface area contributed by atoms with E-state index in [-0.39, 0.29) is 5.25 Å². The van der Waals surface area contributed by atoms with E-state index in [9.17, 15) is 4.21 Å². The molecule has 0 saturated heterocycles. The van der Waals surface area contributed by atoms with Crippen molar-refractivity contribution >= 4 is 10.8 Å². The van der Waals surface area contributed by atoms with Crippen LogP contribution in [0.15, 0.2) is 17.0 Å². The molecule has 3 heteroatoms. The maximum Gasteiger partial charge on any atom is 0.0564 e. The number of fused-ring (bicyclic) bond motifs is 2. The highest BCUT2D eigenvalue weighted by Crippen LogP contribution is 2.41. The van der Waals surface area contributed by atoms with Crippen molar-refractivity contribution in [3.8, 4) is 0 Å². The van der Waals surface area contributed by atoms with Crippen LogP contribution in [0.25, 0.3) is 0 Å². The molecule has 0 aromatic heterocycles. The molecule has 1 aromatic carbocycles. The summed E-state index contributed by atoms with van der Waals surface area (Å²) in [5, 5.41) is 3.92. The van der Waals surface area contributed by atoms with Crippen LogP contribution in [-0.2, 0) is 23.6 Å². The highest BCUT2D eigenvalue weighted by molar-refractivity contribution is 7.85. The lowest BCUT2D eigenvalue weighted by Crippen LogP contribution is -2.41. The van der Waals surface area contributed by atoms with E-state index in [4.69, 9.17) is 0 Å². The minimum atomic E-state index is -0.858. The van der Waals surface area contributed by atoms with Crippen LogP contribution in [-0.4, -0.2) is 15.5 Å². The van der Waals surface area contributed by atoms with Crippen LogP contribution in [0.5, 0.6) is 0 Å². The van der Waals surface area contributed by atoms with Crippen molar-refractivity contribution in [2.75, 3.05) is 0 Å². The standard InChI is InChI=1S/C17H25NOS/c1-10(2)18-17-11(3)12(4)20(19)16-9-14-7-5-6-13(14)8-15(16)17/h8-12,17-18H,5-7H2,1-4H3. The number of nitrogens with one attached hydrogen (secondary N) is 1. The van der Waals surface area contributed by atoms with Gasteiger partial charge in [0.15, 0.2) is 0 Å². The van der Waals surface area contributed by atoms with Gasteiger partial charge < -0.3 is 5.32 Å². The van der Waals surface area contributed by atoms with Gasteiger partial charge in [-0.15, -0.1) is 0 Å². The molecule has 1 N–H and O–H groups in total. The summed E-state index contributed by atoms with van der Waals surface area (Å²) in [5.41, 5.74) is 4.21. The van der Waals surface area contributed by atoms with Crippen LogP contribution < -0.4 is 5.32 Å². The van der Waals surface area contributed by atoms with Crippen LogP contribution in [0.4, 0.5) is 0 Å². The van der Waals surface area contributed by atoms with Crippen molar-refractivity contribution in [1.29, 1.82) is 0 Å². The smallest absolute Gasteiger partial charge is 0.0564 e. The number of hydrogen-bond donors (Lipinski definition) is 1. The molecule has 0 bridgehead atoms. The fraction of sp³-hybridized carbons (Fsp3) is 0.647. The SMILES string of the molecule is CC(C)NC1c2cc3c(cc2S(=O)C(C)C1C)CCC3. The Morgan fingerprint density at radius 1 is 1.20 bits per heavy atom. The molecule has 0 amide bonds. The molecule has 20 heavy (non-hydrogen) atoms. The maximum atomic E-state index is 12.7. The monoisotopic (exact) mass is 291 g/mol. The Morgan fingerprint density at radius 2 is 1.85 bits per heavy atom. The molecule has 0 saturated carbocycles. The van der Waals surface area contributed by atoms with E-state index in [0.717, 1.165) is 11.3 Å². The molecular weight excluding hydrogens is 266 g/mol. The van der Waals surface area contributed by atoms with Crippen molar-refractivity contribution < 1.29 is 4.21 Å². The van der Waals surface area contributed by atoms with Crippen LogP contribution in [0, 0.1) is 5.92 Å². The third-order valence-corrected chi connectivity index (χ3v) is 6.78. The van der Waals surface area contributed by atoms with Gasteiger partial charge >= 0.3 is 0 Å². The molecule has 4 unspecified atom stereocenters. The molecule has 2 aliphatic rings. The predicted octanol–water partition coefficient (Wildman–Crippen LogP) is 3.36. The van der Waals surface area contributed by atoms with Crippen molar-refractivity contribution in [3.05, 3.63) is 28.8 Å². The van der Waals surface area contributed by atoms with Crippen molar-refractivity contribution in [3.63, 3.8) is 0 Å². The summed E-state index contributed by atoms with van der Waals surface area (Å²) in [7, 11) is -0.858. The summed E-state index contributed by atoms with van der Waals surface area (Å²) in [5.74, 6) is 0.408. The summed E-state index contributed by atoms with van der Waals surface area (Å²) < 4.78 is 12.7. The number of benzene rings is 1. The van der Waals surface area contributed by atoms with Crippen LogP contribution in [0.2, 0.25) is 0 Å². The molecule has 1 aromatic rings. The van der Waals surface area contributed by atoms with Gasteiger partial charge in [0.05, 0.1) is 10.8 Å². The van der Waals surface area contributed by atoms with Crippen molar-refractivity contribution in [2.45, 2.75) is 69.2 Å². The largest absolute Gasteiger partial charge is 0.307 e. The summed E-state index contributed by atoms with van der Waals surface area (Å²) in [4.78, 5) is 1.09. The van der Waals surface area contributed by atoms with E-state index >= 15 is 0 Å². The molecule has 0 radical (unpaired) electrons. The minimum Gasteiger partial charge on any atom is -0.307 e. The predicted molar refractivity (Wildman–Crippen MR) is 84.5 cm³/mol. The van der Waals surface area contributed by atoms with Gasteiger partial charge in [0.2, 0.25) is 0 Å². The van der Waals surface area contributed by atoms with Gasteiger partial charge in [0.25, 0.3) is 0 Å². The first-order chi connectivity index (χ1) is 9.49. The number of hydrogen-bond acceptors (Lipinski definition) is 2. The van der Waals surface area contributed by atoms with E-state index in [1.807, 2.05) is 0 Å². The second kappa shape index (κ2) is 5.27. The first kappa shape index (κ1) is 14.3. The van der Waals surface area contributed by atoms with Crippen molar-refractivity contribution in [2.24, 2.45) is 5.92 Å². The van der Waals surface area contributed by atoms with Crippen LogP contribution in [0.3, 0.4) is 0 Å². The quantitative estimate of drug-likeness (QED) is 0.905. The Hall–Kier alpha value is -0.670. The topological polar surface area (TPSA) is 29.1 Å². The zero-order chi connectivity index (χ0) is 14.4. The van der Waals surface area contributed by atoms with Gasteiger partial charge in [-0.05, 0) is 47.9 Å². The fourth-order valence-corrected chi connectivity index (χ4v) is 5.21. The summed E-state index contributed by atoms with van der Waals surface area (Å²) in [6.45, 7) is 8.75. The lowest BCUT2D eigenvalue weighted by Gasteiger charge is -2.37. The van der Waals surface area contributed by atoms with Gasteiger partial charge in [-0.3, -0.25) is 4.21 Å². The molecule has 1 heterocycles. The van der Waals surface area contributed by atoms with E-state index in [2.05, 4.69) is 45.1 Å². The lowest BCUT2D eigenvalue weighted by atomic mass is 9.89. The highest BCUT2D eigenvalue weighted by Gasteiger charge is 2.37. The number of aryl methyl sites for hydroxylation is 2. The van der Waals surface area contributed by atoms with E-state index in [0.29, 0.717) is 18.0 Å². The Labute approximate surface area is 124 Å². The summed E-state index contributed by atoms with van der Waals surface area (Å²) in [6, 6.07) is 5.37. The van der Waals surface area contributed by atoms with Gasteiger partial charge in [0, 0.05) is 22.2 Å². The first-order valence-corrected chi connectivity index (χ1v) is 9.02.